The molecule has 2 fully saturated rings. The number of rotatable bonds is 5. The number of aromatic nitrogens is 2. The molecule has 0 spiro atoms. The molecule has 35 heavy (non-hydrogen) atoms. The Labute approximate surface area is 210 Å². The molecule has 2 saturated heterocycles. The number of fused-ring (bicyclic) bond motifs is 5. The number of anilines is 1. The second kappa shape index (κ2) is 9.97. The molecule has 3 aromatic rings. The molecule has 3 aliphatic rings. The van der Waals surface area contributed by atoms with E-state index in [1.54, 1.807) is 18.0 Å². The first-order chi connectivity index (χ1) is 17.3. The summed E-state index contributed by atoms with van der Waals surface area (Å²) >= 11 is 1.76. The number of thioether (sulfide) groups is 1. The third-order valence-corrected chi connectivity index (χ3v) is 8.48. The topological polar surface area (TPSA) is 73.4 Å². The predicted octanol–water partition coefficient (Wildman–Crippen LogP) is 2.76. The molecule has 3 unspecified atom stereocenters. The van der Waals surface area contributed by atoms with Crippen LogP contribution in [0.2, 0.25) is 0 Å². The van der Waals surface area contributed by atoms with Crippen LogP contribution in [0.1, 0.15) is 33.7 Å². The van der Waals surface area contributed by atoms with Gasteiger partial charge in [-0.1, -0.05) is 36.4 Å². The maximum atomic E-state index is 12.8. The molecule has 3 aliphatic heterocycles. The first-order valence-corrected chi connectivity index (χ1v) is 13.4. The molecule has 1 amide bonds. The van der Waals surface area contributed by atoms with Crippen LogP contribution in [-0.4, -0.2) is 65.3 Å². The van der Waals surface area contributed by atoms with Crippen LogP contribution in [0.4, 0.5) is 5.82 Å². The number of nitrogens with zero attached hydrogens (tertiary/aromatic N) is 4. The molecule has 7 nitrogen and oxygen atoms in total. The average molecular weight is 487 g/mol. The second-order valence-corrected chi connectivity index (χ2v) is 10.5. The Hall–Kier alpha value is -2.94. The minimum atomic E-state index is -0.168. The van der Waals surface area contributed by atoms with Crippen molar-refractivity contribution >= 4 is 23.5 Å². The summed E-state index contributed by atoms with van der Waals surface area (Å²) in [5, 5.41) is 6.73. The molecule has 0 aliphatic carbocycles. The molecule has 3 atom stereocenters. The summed E-state index contributed by atoms with van der Waals surface area (Å²) in [7, 11) is 0. The highest BCUT2D eigenvalue weighted by Crippen LogP contribution is 2.38. The van der Waals surface area contributed by atoms with Gasteiger partial charge < -0.3 is 10.2 Å². The summed E-state index contributed by atoms with van der Waals surface area (Å²) in [6.07, 6.45) is 6.47. The third kappa shape index (κ3) is 4.66. The van der Waals surface area contributed by atoms with E-state index in [9.17, 15) is 4.79 Å². The number of amides is 1. The Kier molecular flexibility index (Phi) is 6.41. The summed E-state index contributed by atoms with van der Waals surface area (Å²) in [4.78, 5) is 26.7. The highest BCUT2D eigenvalue weighted by atomic mass is 32.2. The Balaban J connectivity index is 1.07. The molecule has 0 radical (unpaired) electrons. The van der Waals surface area contributed by atoms with E-state index in [-0.39, 0.29) is 23.4 Å². The molecule has 0 saturated carbocycles. The maximum Gasteiger partial charge on any atom is 0.238 e. The van der Waals surface area contributed by atoms with Crippen molar-refractivity contribution in [2.45, 2.75) is 23.9 Å². The van der Waals surface area contributed by atoms with Gasteiger partial charge in [0, 0.05) is 63.5 Å². The smallest absolute Gasteiger partial charge is 0.238 e. The van der Waals surface area contributed by atoms with Gasteiger partial charge in [0.25, 0.3) is 0 Å². The van der Waals surface area contributed by atoms with Crippen molar-refractivity contribution in [3.63, 3.8) is 0 Å². The van der Waals surface area contributed by atoms with Gasteiger partial charge >= 0.3 is 0 Å². The number of nitrogens with one attached hydrogen (secondary N) is 2. The zero-order valence-electron chi connectivity index (χ0n) is 19.6. The first-order valence-electron chi connectivity index (χ1n) is 12.3. The minimum absolute atomic E-state index is 0.0838. The van der Waals surface area contributed by atoms with Crippen LogP contribution in [0.15, 0.2) is 67.1 Å². The molecule has 8 heteroatoms. The van der Waals surface area contributed by atoms with Crippen molar-refractivity contribution in [1.29, 1.82) is 0 Å². The van der Waals surface area contributed by atoms with E-state index in [4.69, 9.17) is 4.98 Å². The van der Waals surface area contributed by atoms with Crippen molar-refractivity contribution < 1.29 is 4.79 Å². The summed E-state index contributed by atoms with van der Waals surface area (Å²) in [5.41, 5.74) is 5.20. The van der Waals surface area contributed by atoms with E-state index in [2.05, 4.69) is 61.8 Å². The minimum Gasteiger partial charge on any atom is -0.353 e. The van der Waals surface area contributed by atoms with E-state index >= 15 is 0 Å². The molecule has 2 aromatic heterocycles. The zero-order chi connectivity index (χ0) is 23.6. The van der Waals surface area contributed by atoms with Crippen molar-refractivity contribution in [3.05, 3.63) is 89.4 Å². The lowest BCUT2D eigenvalue weighted by atomic mass is 9.96. The lowest BCUT2D eigenvalue weighted by Gasteiger charge is -2.42. The Bertz CT molecular complexity index is 1190. The summed E-state index contributed by atoms with van der Waals surface area (Å²) in [6.45, 7) is 4.33. The lowest BCUT2D eigenvalue weighted by molar-refractivity contribution is -0.122. The fourth-order valence-electron chi connectivity index (χ4n) is 5.42. The largest absolute Gasteiger partial charge is 0.353 e. The summed E-state index contributed by atoms with van der Waals surface area (Å²) in [5.74, 6) is 1.98. The van der Waals surface area contributed by atoms with E-state index in [1.807, 2.05) is 24.5 Å². The van der Waals surface area contributed by atoms with Crippen LogP contribution in [0.3, 0.4) is 0 Å². The maximum absolute atomic E-state index is 12.8. The molecule has 180 valence electrons. The van der Waals surface area contributed by atoms with Crippen LogP contribution >= 0.6 is 11.8 Å². The van der Waals surface area contributed by atoms with Crippen molar-refractivity contribution in [2.24, 2.45) is 0 Å². The number of benzene rings is 1. The Morgan fingerprint density at radius 2 is 1.97 bits per heavy atom. The molecule has 1 aromatic carbocycles. The van der Waals surface area contributed by atoms with Crippen LogP contribution in [0.5, 0.6) is 0 Å². The Morgan fingerprint density at radius 3 is 2.89 bits per heavy atom. The highest BCUT2D eigenvalue weighted by Gasteiger charge is 2.34. The van der Waals surface area contributed by atoms with E-state index < -0.39 is 0 Å². The van der Waals surface area contributed by atoms with Gasteiger partial charge in [-0.05, 0) is 34.4 Å². The number of pyridine rings is 2. The fraction of sp³-hybridized carbons (Fsp3) is 0.370. The molecule has 6 rings (SSSR count). The summed E-state index contributed by atoms with van der Waals surface area (Å²) < 4.78 is 0. The lowest BCUT2D eigenvalue weighted by Crippen LogP contribution is -2.51. The Morgan fingerprint density at radius 1 is 1.09 bits per heavy atom. The standard InChI is InChI=1S/C27H30N6OS/c34-26(23-18-35-27(31-23)21-7-3-9-28-16-21)30-11-12-32-13-14-33-24(17-32)22-8-2-1-5-19(22)15-20-6-4-10-29-25(20)33/h1-10,16,23-24,27,31H,11-15,17-18H2,(H,30,34). The number of piperazine rings is 1. The van der Waals surface area contributed by atoms with Crippen LogP contribution in [0.25, 0.3) is 0 Å². The number of hydrogen-bond donors (Lipinski definition) is 2. The normalized spacial score (nSPS) is 23.7. The molecule has 2 N–H and O–H groups in total. The van der Waals surface area contributed by atoms with Gasteiger partial charge in [-0.25, -0.2) is 4.98 Å². The van der Waals surface area contributed by atoms with Crippen molar-refractivity contribution in [1.82, 2.24) is 25.5 Å². The molecular weight excluding hydrogens is 456 g/mol. The van der Waals surface area contributed by atoms with Gasteiger partial charge in [-0.3, -0.25) is 20.0 Å². The monoisotopic (exact) mass is 486 g/mol. The van der Waals surface area contributed by atoms with E-state index in [0.717, 1.165) is 49.7 Å². The SMILES string of the molecule is O=C(NCCN1CCN2c3ncccc3Cc3ccccc3C2C1)C1CSC(c2cccnc2)N1. The molecular formula is C27H30N6OS. The second-order valence-electron chi connectivity index (χ2n) is 9.38. The van der Waals surface area contributed by atoms with Gasteiger partial charge in [0.2, 0.25) is 5.91 Å². The quantitative estimate of drug-likeness (QED) is 0.575. The van der Waals surface area contributed by atoms with Gasteiger partial charge in [0.05, 0.1) is 17.5 Å². The fourth-order valence-corrected chi connectivity index (χ4v) is 6.65. The van der Waals surface area contributed by atoms with Gasteiger partial charge in [-0.2, -0.15) is 0 Å². The van der Waals surface area contributed by atoms with Crippen LogP contribution in [0, 0.1) is 0 Å². The van der Waals surface area contributed by atoms with E-state index in [1.165, 1.54) is 16.7 Å². The molecule has 5 heterocycles. The van der Waals surface area contributed by atoms with E-state index in [0.29, 0.717) is 6.54 Å². The number of hydrogen-bond acceptors (Lipinski definition) is 7. The summed E-state index contributed by atoms with van der Waals surface area (Å²) in [6, 6.07) is 17.1. The van der Waals surface area contributed by atoms with Gasteiger partial charge in [-0.15, -0.1) is 11.8 Å². The van der Waals surface area contributed by atoms with Crippen LogP contribution in [-0.2, 0) is 11.2 Å². The van der Waals surface area contributed by atoms with Gasteiger partial charge in [0.1, 0.15) is 5.82 Å². The first kappa shape index (κ1) is 22.5. The zero-order valence-corrected chi connectivity index (χ0v) is 20.5. The highest BCUT2D eigenvalue weighted by molar-refractivity contribution is 7.99. The van der Waals surface area contributed by atoms with Crippen LogP contribution < -0.4 is 15.5 Å². The average Bonchev–Trinajstić information content (AvgIpc) is 3.36. The molecule has 0 bridgehead atoms. The van der Waals surface area contributed by atoms with Crippen molar-refractivity contribution in [3.8, 4) is 0 Å². The van der Waals surface area contributed by atoms with Crippen molar-refractivity contribution in [2.75, 3.05) is 43.4 Å². The number of carbonyl (C=O) groups excluding carboxylic acids is 1. The van der Waals surface area contributed by atoms with Gasteiger partial charge in [0.15, 0.2) is 0 Å². The number of carbonyl (C=O) groups is 1. The predicted molar refractivity (Wildman–Crippen MR) is 139 cm³/mol. The third-order valence-electron chi connectivity index (χ3n) is 7.21.